The number of allylic oxidation sites excluding steroid dienone is 4. The summed E-state index contributed by atoms with van der Waals surface area (Å²) in [5.41, 5.74) is 1.34. The molecule has 1 aliphatic carbocycles. The van der Waals surface area contributed by atoms with E-state index in [2.05, 4.69) is 18.2 Å². The highest BCUT2D eigenvalue weighted by atomic mass is 16.6. The second-order valence-electron chi connectivity index (χ2n) is 21.3. The van der Waals surface area contributed by atoms with E-state index >= 15 is 0 Å². The molecule has 1 saturated carbocycles. The summed E-state index contributed by atoms with van der Waals surface area (Å²) >= 11 is 0. The Kier molecular flexibility index (Phi) is 25.9. The lowest BCUT2D eigenvalue weighted by atomic mass is 9.78. The fourth-order valence-corrected chi connectivity index (χ4v) is 11.0. The molecule has 16 heteroatoms. The third-order valence-corrected chi connectivity index (χ3v) is 15.6. The number of carbonyl (C=O) groups is 5. The number of amides is 1. The molecule has 0 radical (unpaired) electrons. The summed E-state index contributed by atoms with van der Waals surface area (Å²) in [5, 5.41) is 33.0. The molecule has 2 saturated heterocycles. The summed E-state index contributed by atoms with van der Waals surface area (Å²) in [5.74, 6) is -7.93. The molecule has 0 spiro atoms. The van der Waals surface area contributed by atoms with E-state index in [9.17, 15) is 39.3 Å². The molecule has 4 rings (SSSR count). The van der Waals surface area contributed by atoms with Crippen LogP contribution in [0.2, 0.25) is 0 Å². The van der Waals surface area contributed by atoms with E-state index in [1.165, 1.54) is 12.0 Å². The van der Waals surface area contributed by atoms with Crippen LogP contribution in [0.15, 0.2) is 35.5 Å². The molecule has 0 unspecified atom stereocenters. The maximum absolute atomic E-state index is 14.5. The van der Waals surface area contributed by atoms with Gasteiger partial charge >= 0.3 is 5.97 Å². The first-order chi connectivity index (χ1) is 34.3. The van der Waals surface area contributed by atoms with Crippen molar-refractivity contribution < 1.29 is 72.5 Å². The minimum absolute atomic E-state index is 0.0512. The van der Waals surface area contributed by atoms with Gasteiger partial charge in [-0.15, -0.1) is 0 Å². The summed E-state index contributed by atoms with van der Waals surface area (Å²) in [6.45, 7) is 16.2. The van der Waals surface area contributed by atoms with Crippen molar-refractivity contribution in [3.05, 3.63) is 35.5 Å². The number of hydrogen-bond donors (Lipinski definition) is 3. The van der Waals surface area contributed by atoms with Gasteiger partial charge in [0, 0.05) is 58.0 Å². The number of hydrogen-bond acceptors (Lipinski definition) is 15. The minimum atomic E-state index is -2.45. The largest absolute Gasteiger partial charge is 0.460 e. The zero-order valence-corrected chi connectivity index (χ0v) is 45.2. The zero-order valence-electron chi connectivity index (χ0n) is 45.2. The van der Waals surface area contributed by atoms with E-state index in [0.29, 0.717) is 89.6 Å². The predicted molar refractivity (Wildman–Crippen MR) is 271 cm³/mol. The first-order valence-electron chi connectivity index (χ1n) is 27.0. The molecular formula is C56H91NO15. The van der Waals surface area contributed by atoms with Gasteiger partial charge in [-0.2, -0.15) is 0 Å². The number of methoxy groups -OCH3 is 2. The van der Waals surface area contributed by atoms with E-state index in [1.807, 2.05) is 34.6 Å². The van der Waals surface area contributed by atoms with Crippen molar-refractivity contribution >= 4 is 29.2 Å². The fraction of sp³-hybridized carbons (Fsp3) is 0.804. The number of aliphatic hydroxyl groups is 3. The van der Waals surface area contributed by atoms with E-state index in [1.54, 1.807) is 34.0 Å². The Labute approximate surface area is 429 Å². The van der Waals surface area contributed by atoms with Gasteiger partial charge in [-0.3, -0.25) is 19.2 Å². The maximum Gasteiger partial charge on any atom is 0.329 e. The smallest absolute Gasteiger partial charge is 0.329 e. The van der Waals surface area contributed by atoms with Crippen LogP contribution in [-0.4, -0.2) is 158 Å². The van der Waals surface area contributed by atoms with Gasteiger partial charge in [0.15, 0.2) is 5.78 Å². The Morgan fingerprint density at radius 3 is 2.31 bits per heavy atom. The van der Waals surface area contributed by atoms with Crippen LogP contribution < -0.4 is 0 Å². The molecule has 0 aromatic carbocycles. The van der Waals surface area contributed by atoms with Crippen LogP contribution in [0.25, 0.3) is 0 Å². The van der Waals surface area contributed by atoms with Crippen LogP contribution in [0.1, 0.15) is 145 Å². The van der Waals surface area contributed by atoms with Crippen molar-refractivity contribution in [2.24, 2.45) is 35.5 Å². The lowest BCUT2D eigenvalue weighted by Crippen LogP contribution is -2.61. The highest BCUT2D eigenvalue weighted by molar-refractivity contribution is 6.39. The summed E-state index contributed by atoms with van der Waals surface area (Å²) in [4.78, 5) is 72.7. The number of esters is 1. The number of rotatable bonds is 13. The first kappa shape index (κ1) is 61.4. The van der Waals surface area contributed by atoms with Gasteiger partial charge in [0.1, 0.15) is 30.1 Å². The van der Waals surface area contributed by atoms with Gasteiger partial charge in [0.2, 0.25) is 5.79 Å². The van der Waals surface area contributed by atoms with Gasteiger partial charge in [-0.1, -0.05) is 58.9 Å². The third-order valence-electron chi connectivity index (χ3n) is 15.6. The molecule has 3 N–H and O–H groups in total. The Morgan fingerprint density at radius 1 is 0.861 bits per heavy atom. The summed E-state index contributed by atoms with van der Waals surface area (Å²) in [6, 6.07) is -1.15. The van der Waals surface area contributed by atoms with Crippen molar-refractivity contribution in [1.29, 1.82) is 0 Å². The Bertz CT molecular complexity index is 1830. The molecular weight excluding hydrogens is 927 g/mol. The van der Waals surface area contributed by atoms with E-state index in [0.717, 1.165) is 18.4 Å². The second kappa shape index (κ2) is 30.4. The van der Waals surface area contributed by atoms with E-state index < -0.39 is 77.8 Å². The molecule has 3 fully saturated rings. The molecule has 4 aliphatic rings. The molecule has 0 aromatic rings. The Morgan fingerprint density at radius 2 is 1.61 bits per heavy atom. The molecule has 72 heavy (non-hydrogen) atoms. The molecule has 410 valence electrons. The Hall–Kier alpha value is -3.19. The zero-order chi connectivity index (χ0) is 53.1. The summed E-state index contributed by atoms with van der Waals surface area (Å²) in [6.07, 6.45) is 10.1. The number of fused-ring (bicyclic) bond motifs is 3. The number of Topliss-reactive ketones (excluding diaryl/α,β-unsaturated/α-hetero) is 3. The highest BCUT2D eigenvalue weighted by Crippen LogP contribution is 2.38. The third kappa shape index (κ3) is 17.4. The van der Waals surface area contributed by atoms with Crippen molar-refractivity contribution in [3.8, 4) is 0 Å². The highest BCUT2D eigenvalue weighted by Gasteiger charge is 2.53. The lowest BCUT2D eigenvalue weighted by Gasteiger charge is -2.43. The number of ketones is 3. The van der Waals surface area contributed by atoms with Crippen molar-refractivity contribution in [2.75, 3.05) is 53.8 Å². The normalized spacial score (nSPS) is 36.7. The molecule has 15 atom stereocenters. The molecule has 16 nitrogen and oxygen atoms in total. The number of ether oxygens (including phenoxy) is 7. The fourth-order valence-electron chi connectivity index (χ4n) is 11.0. The molecule has 3 heterocycles. The van der Waals surface area contributed by atoms with Crippen LogP contribution in [0.5, 0.6) is 0 Å². The quantitative estimate of drug-likeness (QED) is 0.0747. The topological polar surface area (TPSA) is 214 Å². The average Bonchev–Trinajstić information content (AvgIpc) is 3.36. The van der Waals surface area contributed by atoms with E-state index in [4.69, 9.17) is 33.2 Å². The minimum Gasteiger partial charge on any atom is -0.460 e. The number of cyclic esters (lactones) is 1. The van der Waals surface area contributed by atoms with Crippen LogP contribution in [-0.2, 0) is 57.1 Å². The Balaban J connectivity index is 1.70. The number of aliphatic hydroxyl groups excluding tert-OH is 2. The first-order valence-corrected chi connectivity index (χ1v) is 27.0. The second-order valence-corrected chi connectivity index (χ2v) is 21.3. The van der Waals surface area contributed by atoms with Gasteiger partial charge < -0.3 is 53.4 Å². The van der Waals surface area contributed by atoms with Gasteiger partial charge in [0.25, 0.3) is 11.7 Å². The van der Waals surface area contributed by atoms with Gasteiger partial charge in [-0.25, -0.2) is 4.79 Å². The van der Waals surface area contributed by atoms with Crippen LogP contribution in [0.4, 0.5) is 0 Å². The van der Waals surface area contributed by atoms with Gasteiger partial charge in [-0.05, 0) is 127 Å². The average molecular weight is 1020 g/mol. The van der Waals surface area contributed by atoms with Crippen molar-refractivity contribution in [1.82, 2.24) is 4.90 Å². The monoisotopic (exact) mass is 1020 g/mol. The molecule has 2 bridgehead atoms. The molecule has 0 aromatic heterocycles. The standard InChI is InChI=1S/C56H91NO15/c1-11-68-27-28-70-47-33-43-22-20-41(8)56(65,72-43)53(62)54(63)57-24-16-15-19-44(57)55(64)71-48(38(5)31-42-21-23-46(69-26-25-58)49(32-42)66-9)34-45(59)37(4)30-40(7)51(61)52(67-10)50(60)39(6)29-35(2)17-13-12-14-18-36(47)3/h13,17-18,30,35,37-39,41-44,46-49,51-52,58,61,65H,11-12,14-16,19-29,31-34H2,1-10H3/b17-13+,36-18?,40-30+/t35-,37-,38-,39-,41-,42+,43+,44+,46-,47-,48+,49-,51-,52+,56-/m1/s1. The maximum atomic E-state index is 14.5. The SMILES string of the molecule is CCOCCO[C@@H]1C[C@@H]2CC[C@@H](C)[C@@](O)(O2)C(=O)C(=O)N2CCCC[C@H]2C(=O)O[C@H]([C@H](C)C[C@@H]2CC[C@@H](OCCO)[C@H](OC)C2)CC(=O)[C@H](C)/C=C(\C)[C@@H](O)[C@@H](OC)C(=O)[C@H](C)C[C@H](C)/C=C/CCC=C1C. The predicted octanol–water partition coefficient (Wildman–Crippen LogP) is 6.83. The lowest BCUT2D eigenvalue weighted by molar-refractivity contribution is -0.266. The van der Waals surface area contributed by atoms with E-state index in [-0.39, 0.29) is 74.1 Å². The molecule has 1 amide bonds. The number of carbonyl (C=O) groups excluding carboxylic acids is 5. The van der Waals surface area contributed by atoms with Crippen molar-refractivity contribution in [3.63, 3.8) is 0 Å². The number of piperidine rings is 1. The van der Waals surface area contributed by atoms with Crippen LogP contribution in [0.3, 0.4) is 0 Å². The molecule has 3 aliphatic heterocycles. The van der Waals surface area contributed by atoms with Crippen molar-refractivity contribution in [2.45, 2.75) is 200 Å². The van der Waals surface area contributed by atoms with Crippen LogP contribution in [0, 0.1) is 35.5 Å². The summed E-state index contributed by atoms with van der Waals surface area (Å²) in [7, 11) is 3.02. The van der Waals surface area contributed by atoms with Gasteiger partial charge in [0.05, 0.1) is 50.8 Å². The summed E-state index contributed by atoms with van der Waals surface area (Å²) < 4.78 is 41.8. The number of nitrogens with zero attached hydrogens (tertiary/aromatic N) is 1. The van der Waals surface area contributed by atoms with Crippen LogP contribution >= 0.6 is 0 Å².